The first-order chi connectivity index (χ1) is 16.1. The fourth-order valence-electron chi connectivity index (χ4n) is 3.76. The number of nitrogens with zero attached hydrogens (tertiary/aromatic N) is 1. The summed E-state index contributed by atoms with van der Waals surface area (Å²) in [7, 11) is 0. The van der Waals surface area contributed by atoms with Crippen molar-refractivity contribution in [2.24, 2.45) is 0 Å². The number of carbonyl (C=O) groups excluding carboxylic acids is 1. The molecule has 0 saturated carbocycles. The van der Waals surface area contributed by atoms with Gasteiger partial charge in [0.1, 0.15) is 5.75 Å². The van der Waals surface area contributed by atoms with Gasteiger partial charge in [-0.15, -0.1) is 13.2 Å². The van der Waals surface area contributed by atoms with E-state index in [9.17, 15) is 26.7 Å². The molecule has 2 unspecified atom stereocenters. The number of anilines is 1. The van der Waals surface area contributed by atoms with Crippen molar-refractivity contribution in [2.75, 3.05) is 4.90 Å². The second kappa shape index (κ2) is 9.17. The van der Waals surface area contributed by atoms with Crippen LogP contribution in [0.4, 0.5) is 27.6 Å². The fourth-order valence-corrected chi connectivity index (χ4v) is 3.76. The molecule has 1 heterocycles. The highest BCUT2D eigenvalue weighted by molar-refractivity contribution is 6.08. The Morgan fingerprint density at radius 2 is 1.62 bits per heavy atom. The predicted octanol–water partition coefficient (Wildman–Crippen LogP) is 6.19. The van der Waals surface area contributed by atoms with E-state index in [2.05, 4.69) is 10.1 Å². The molecule has 176 valence electrons. The SMILES string of the molecule is CC(NC1=CC(c2ccc(F)c(F)c2)N(c2ccc(OC(F)(F)F)cc2)C1=O)c1ccccc1. The molecule has 0 bridgehead atoms. The van der Waals surface area contributed by atoms with E-state index >= 15 is 0 Å². The molecule has 1 N–H and O–H groups in total. The van der Waals surface area contributed by atoms with Crippen molar-refractivity contribution in [2.45, 2.75) is 25.4 Å². The van der Waals surface area contributed by atoms with E-state index in [1.54, 1.807) is 6.08 Å². The topological polar surface area (TPSA) is 41.6 Å². The number of hydrogen-bond donors (Lipinski definition) is 1. The Labute approximate surface area is 192 Å². The van der Waals surface area contributed by atoms with Gasteiger partial charge in [0.25, 0.3) is 5.91 Å². The molecule has 2 atom stereocenters. The largest absolute Gasteiger partial charge is 0.573 e. The number of amides is 1. The minimum atomic E-state index is -4.86. The van der Waals surface area contributed by atoms with Crippen LogP contribution in [0.2, 0.25) is 0 Å². The van der Waals surface area contributed by atoms with E-state index < -0.39 is 35.7 Å². The van der Waals surface area contributed by atoms with Crippen LogP contribution in [0, 0.1) is 11.6 Å². The Hall–Kier alpha value is -3.88. The van der Waals surface area contributed by atoms with Crippen molar-refractivity contribution in [1.82, 2.24) is 5.32 Å². The van der Waals surface area contributed by atoms with E-state index in [1.807, 2.05) is 37.3 Å². The van der Waals surface area contributed by atoms with Crippen LogP contribution < -0.4 is 15.0 Å². The molecule has 3 aromatic carbocycles. The molecule has 9 heteroatoms. The summed E-state index contributed by atoms with van der Waals surface area (Å²) in [6, 6.07) is 16.3. The average molecular weight is 474 g/mol. The number of benzene rings is 3. The lowest BCUT2D eigenvalue weighted by Crippen LogP contribution is -2.33. The summed E-state index contributed by atoms with van der Waals surface area (Å²) in [5, 5.41) is 3.14. The monoisotopic (exact) mass is 474 g/mol. The number of halogens is 5. The van der Waals surface area contributed by atoms with Crippen molar-refractivity contribution < 1.29 is 31.5 Å². The van der Waals surface area contributed by atoms with Crippen molar-refractivity contribution >= 4 is 11.6 Å². The van der Waals surface area contributed by atoms with Crippen LogP contribution in [-0.2, 0) is 4.79 Å². The first-order valence-corrected chi connectivity index (χ1v) is 10.3. The Bertz CT molecular complexity index is 1210. The predicted molar refractivity (Wildman–Crippen MR) is 116 cm³/mol. The van der Waals surface area contributed by atoms with Gasteiger partial charge in [-0.3, -0.25) is 9.69 Å². The van der Waals surface area contributed by atoms with Gasteiger partial charge in [0.05, 0.1) is 11.7 Å². The number of alkyl halides is 3. The van der Waals surface area contributed by atoms with Gasteiger partial charge >= 0.3 is 6.36 Å². The summed E-state index contributed by atoms with van der Waals surface area (Å²) in [5.41, 5.74) is 1.70. The zero-order valence-electron chi connectivity index (χ0n) is 17.8. The van der Waals surface area contributed by atoms with Gasteiger partial charge in [0.2, 0.25) is 0 Å². The second-order valence-corrected chi connectivity index (χ2v) is 7.69. The van der Waals surface area contributed by atoms with Crippen LogP contribution in [0.1, 0.15) is 30.1 Å². The maximum atomic E-state index is 14.0. The Kier molecular flexibility index (Phi) is 6.28. The average Bonchev–Trinajstić information content (AvgIpc) is 3.11. The summed E-state index contributed by atoms with van der Waals surface area (Å²) in [5.74, 6) is -3.03. The molecule has 0 radical (unpaired) electrons. The lowest BCUT2D eigenvalue weighted by Gasteiger charge is -2.26. The van der Waals surface area contributed by atoms with Crippen LogP contribution in [0.3, 0.4) is 0 Å². The lowest BCUT2D eigenvalue weighted by atomic mass is 10.1. The lowest BCUT2D eigenvalue weighted by molar-refractivity contribution is -0.274. The molecular formula is C25H19F5N2O2. The maximum absolute atomic E-state index is 14.0. The van der Waals surface area contributed by atoms with E-state index in [0.29, 0.717) is 5.56 Å². The first kappa shape index (κ1) is 23.3. The van der Waals surface area contributed by atoms with Gasteiger partial charge in [0.15, 0.2) is 11.6 Å². The number of carbonyl (C=O) groups is 1. The molecule has 4 rings (SSSR count). The van der Waals surface area contributed by atoms with Gasteiger partial charge in [-0.2, -0.15) is 0 Å². The molecule has 1 aliphatic rings. The molecule has 0 fully saturated rings. The van der Waals surface area contributed by atoms with E-state index in [0.717, 1.165) is 29.8 Å². The van der Waals surface area contributed by atoms with E-state index in [1.165, 1.54) is 23.1 Å². The van der Waals surface area contributed by atoms with Crippen LogP contribution in [0.15, 0.2) is 84.6 Å². The number of rotatable bonds is 6. The van der Waals surface area contributed by atoms with Gasteiger partial charge in [-0.1, -0.05) is 36.4 Å². The molecule has 34 heavy (non-hydrogen) atoms. The second-order valence-electron chi connectivity index (χ2n) is 7.69. The minimum Gasteiger partial charge on any atom is -0.406 e. The Morgan fingerprint density at radius 1 is 0.941 bits per heavy atom. The van der Waals surface area contributed by atoms with Crippen molar-refractivity contribution in [1.29, 1.82) is 0 Å². The Morgan fingerprint density at radius 3 is 2.24 bits per heavy atom. The molecule has 0 saturated heterocycles. The van der Waals surface area contributed by atoms with Crippen molar-refractivity contribution in [3.8, 4) is 5.75 Å². The van der Waals surface area contributed by atoms with Gasteiger partial charge < -0.3 is 10.1 Å². The summed E-state index contributed by atoms with van der Waals surface area (Å²) in [4.78, 5) is 14.6. The molecule has 3 aromatic rings. The summed E-state index contributed by atoms with van der Waals surface area (Å²) < 4.78 is 68.9. The van der Waals surface area contributed by atoms with Gasteiger partial charge in [0, 0.05) is 11.7 Å². The highest BCUT2D eigenvalue weighted by Gasteiger charge is 2.36. The number of ether oxygens (including phenoxy) is 1. The highest BCUT2D eigenvalue weighted by atomic mass is 19.4. The van der Waals surface area contributed by atoms with Crippen molar-refractivity contribution in [3.05, 3.63) is 107 Å². The molecule has 4 nitrogen and oxygen atoms in total. The molecule has 1 amide bonds. The smallest absolute Gasteiger partial charge is 0.406 e. The van der Waals surface area contributed by atoms with E-state index in [-0.39, 0.29) is 17.4 Å². The third kappa shape index (κ3) is 5.03. The quantitative estimate of drug-likeness (QED) is 0.434. The molecule has 1 aliphatic heterocycles. The molecule has 0 aliphatic carbocycles. The third-order valence-corrected chi connectivity index (χ3v) is 5.36. The highest BCUT2D eigenvalue weighted by Crippen LogP contribution is 2.37. The molecular weight excluding hydrogens is 455 g/mol. The van der Waals surface area contributed by atoms with E-state index in [4.69, 9.17) is 0 Å². The molecule has 0 spiro atoms. The van der Waals surface area contributed by atoms with Crippen LogP contribution in [0.25, 0.3) is 0 Å². The third-order valence-electron chi connectivity index (χ3n) is 5.36. The fraction of sp³-hybridized carbons (Fsp3) is 0.160. The van der Waals surface area contributed by atoms with Crippen LogP contribution in [0.5, 0.6) is 5.75 Å². The van der Waals surface area contributed by atoms with Crippen LogP contribution in [-0.4, -0.2) is 12.3 Å². The number of hydrogen-bond acceptors (Lipinski definition) is 3. The maximum Gasteiger partial charge on any atom is 0.573 e. The normalized spacial score (nSPS) is 16.9. The minimum absolute atomic E-state index is 0.224. The Balaban J connectivity index is 1.67. The van der Waals surface area contributed by atoms with Crippen molar-refractivity contribution in [3.63, 3.8) is 0 Å². The summed E-state index contributed by atoms with van der Waals surface area (Å²) >= 11 is 0. The van der Waals surface area contributed by atoms with Gasteiger partial charge in [-0.05, 0) is 60.5 Å². The van der Waals surface area contributed by atoms with Gasteiger partial charge in [-0.25, -0.2) is 8.78 Å². The zero-order valence-corrected chi connectivity index (χ0v) is 17.8. The molecule has 0 aromatic heterocycles. The summed E-state index contributed by atoms with van der Waals surface area (Å²) in [6.45, 7) is 1.86. The van der Waals surface area contributed by atoms with Crippen LogP contribution >= 0.6 is 0 Å². The number of nitrogens with one attached hydrogen (secondary N) is 1. The first-order valence-electron chi connectivity index (χ1n) is 10.3. The zero-order chi connectivity index (χ0) is 24.5. The summed E-state index contributed by atoms with van der Waals surface area (Å²) in [6.07, 6.45) is -3.28. The standard InChI is InChI=1S/C25H19F5N2O2/c1-15(16-5-3-2-4-6-16)31-22-14-23(17-7-12-20(26)21(27)13-17)32(24(22)33)18-8-10-19(11-9-18)34-25(28,29)30/h2-15,23,31H,1H3.